The molecule has 0 radical (unpaired) electrons. The Hall–Kier alpha value is -3.32. The highest BCUT2D eigenvalue weighted by molar-refractivity contribution is 7.80. The minimum Gasteiger partial charge on any atom is -0.508 e. The molecule has 0 aromatic heterocycles. The van der Waals surface area contributed by atoms with Crippen LogP contribution in [-0.4, -0.2) is 69.7 Å². The number of thiol groups is 1. The summed E-state index contributed by atoms with van der Waals surface area (Å²) in [7, 11) is 0. The molecule has 0 heterocycles. The van der Waals surface area contributed by atoms with Crippen molar-refractivity contribution in [2.24, 2.45) is 11.5 Å². The largest absolute Gasteiger partial charge is 0.508 e. The second kappa shape index (κ2) is 13.3. The fraction of sp³-hybridized carbons (Fsp3) is 0.450. The number of amides is 4. The van der Waals surface area contributed by atoms with Gasteiger partial charge in [-0.05, 0) is 31.0 Å². The number of carboxylic acid groups (broad SMARTS) is 1. The summed E-state index contributed by atoms with van der Waals surface area (Å²) in [5.41, 5.74) is 11.3. The molecule has 12 nitrogen and oxygen atoms in total. The van der Waals surface area contributed by atoms with Crippen LogP contribution in [0.1, 0.15) is 25.3 Å². The number of carbonyl (C=O) groups excluding carboxylic acids is 4. The van der Waals surface area contributed by atoms with E-state index in [1.807, 2.05) is 0 Å². The van der Waals surface area contributed by atoms with Gasteiger partial charge in [-0.1, -0.05) is 12.1 Å². The predicted molar refractivity (Wildman–Crippen MR) is 121 cm³/mol. The summed E-state index contributed by atoms with van der Waals surface area (Å²) >= 11 is 4.05. The number of aromatic hydroxyl groups is 1. The molecule has 0 bridgehead atoms. The molecule has 9 N–H and O–H groups in total. The third-order valence-corrected chi connectivity index (χ3v) is 4.96. The van der Waals surface area contributed by atoms with Crippen molar-refractivity contribution < 1.29 is 34.2 Å². The lowest BCUT2D eigenvalue weighted by molar-refractivity contribution is -0.141. The van der Waals surface area contributed by atoms with E-state index in [2.05, 4.69) is 28.6 Å². The first-order chi connectivity index (χ1) is 15.4. The molecule has 0 fully saturated rings. The SMILES string of the molecule is CC(NC(=O)C(Cc1ccc(O)cc1)NC(=O)C(CS)NC(=O)C(N)CCC(N)=O)C(=O)O. The van der Waals surface area contributed by atoms with Gasteiger partial charge in [0.1, 0.15) is 23.9 Å². The highest BCUT2D eigenvalue weighted by Gasteiger charge is 2.29. The molecular weight excluding hydrogens is 454 g/mol. The van der Waals surface area contributed by atoms with Crippen LogP contribution in [0.5, 0.6) is 5.75 Å². The van der Waals surface area contributed by atoms with E-state index in [-0.39, 0.29) is 30.8 Å². The van der Waals surface area contributed by atoms with Crippen LogP contribution >= 0.6 is 12.6 Å². The number of benzene rings is 1. The number of hydrogen-bond acceptors (Lipinski definition) is 8. The van der Waals surface area contributed by atoms with Crippen LogP contribution in [0, 0.1) is 0 Å². The Kier molecular flexibility index (Phi) is 11.2. The van der Waals surface area contributed by atoms with Crippen molar-refractivity contribution >= 4 is 42.2 Å². The first-order valence-corrected chi connectivity index (χ1v) is 10.6. The normalized spacial score (nSPS) is 14.3. The van der Waals surface area contributed by atoms with E-state index in [1.165, 1.54) is 31.2 Å². The van der Waals surface area contributed by atoms with Gasteiger partial charge in [0.2, 0.25) is 23.6 Å². The molecule has 182 valence electrons. The summed E-state index contributed by atoms with van der Waals surface area (Å²) in [5.74, 6) is -4.21. The van der Waals surface area contributed by atoms with Gasteiger partial charge in [0.15, 0.2) is 0 Å². The molecule has 0 spiro atoms. The fourth-order valence-corrected chi connectivity index (χ4v) is 2.88. The van der Waals surface area contributed by atoms with Gasteiger partial charge in [-0.2, -0.15) is 12.6 Å². The number of hydrogen-bond donors (Lipinski definition) is 8. The highest BCUT2D eigenvalue weighted by Crippen LogP contribution is 2.12. The molecule has 0 aliphatic carbocycles. The van der Waals surface area contributed by atoms with Crippen LogP contribution in [0.15, 0.2) is 24.3 Å². The summed E-state index contributed by atoms with van der Waals surface area (Å²) < 4.78 is 0. The Bertz CT molecular complexity index is 865. The lowest BCUT2D eigenvalue weighted by Gasteiger charge is -2.24. The van der Waals surface area contributed by atoms with Gasteiger partial charge in [-0.15, -0.1) is 0 Å². The monoisotopic (exact) mass is 483 g/mol. The summed E-state index contributed by atoms with van der Waals surface area (Å²) in [5, 5.41) is 25.6. The molecule has 0 aliphatic heterocycles. The molecule has 4 unspecified atom stereocenters. The summed E-state index contributed by atoms with van der Waals surface area (Å²) in [6.45, 7) is 1.27. The maximum atomic E-state index is 12.8. The molecule has 1 aromatic rings. The maximum absolute atomic E-state index is 12.8. The minimum atomic E-state index is -1.26. The Morgan fingerprint density at radius 1 is 0.970 bits per heavy atom. The molecular formula is C20H29N5O7S. The zero-order chi connectivity index (χ0) is 25.1. The minimum absolute atomic E-state index is 0.00816. The molecule has 33 heavy (non-hydrogen) atoms. The first kappa shape index (κ1) is 27.7. The summed E-state index contributed by atoms with van der Waals surface area (Å²) in [6.07, 6.45) is -0.139. The smallest absolute Gasteiger partial charge is 0.325 e. The van der Waals surface area contributed by atoms with Crippen LogP contribution in [0.2, 0.25) is 0 Å². The van der Waals surface area contributed by atoms with Gasteiger partial charge >= 0.3 is 5.97 Å². The van der Waals surface area contributed by atoms with Crippen molar-refractivity contribution in [3.8, 4) is 5.75 Å². The van der Waals surface area contributed by atoms with Crippen molar-refractivity contribution in [3.05, 3.63) is 29.8 Å². The third kappa shape index (κ3) is 9.78. The average molecular weight is 484 g/mol. The van der Waals surface area contributed by atoms with Gasteiger partial charge in [0, 0.05) is 18.6 Å². The second-order valence-corrected chi connectivity index (χ2v) is 7.72. The van der Waals surface area contributed by atoms with E-state index in [0.29, 0.717) is 5.56 Å². The first-order valence-electron chi connectivity index (χ1n) is 10.0. The standard InChI is InChI=1S/C20H29N5O7S/c1-10(20(31)32)23-18(29)14(8-11-2-4-12(26)5-3-11)24-19(30)15(9-33)25-17(28)13(21)6-7-16(22)27/h2-5,10,13-15,26,33H,6-9,21H2,1H3,(H2,22,27)(H,23,29)(H,24,30)(H,25,28)(H,31,32). The van der Waals surface area contributed by atoms with Gasteiger partial charge in [0.25, 0.3) is 0 Å². The number of aliphatic carboxylic acids is 1. The van der Waals surface area contributed by atoms with Crippen molar-refractivity contribution in [2.45, 2.75) is 50.4 Å². The second-order valence-electron chi connectivity index (χ2n) is 7.36. The number of carboxylic acids is 1. The van der Waals surface area contributed by atoms with E-state index >= 15 is 0 Å². The molecule has 4 atom stereocenters. The fourth-order valence-electron chi connectivity index (χ4n) is 2.63. The zero-order valence-electron chi connectivity index (χ0n) is 18.0. The Morgan fingerprint density at radius 3 is 2.03 bits per heavy atom. The topological polar surface area (TPSA) is 214 Å². The van der Waals surface area contributed by atoms with Gasteiger partial charge in [-0.25, -0.2) is 0 Å². The van der Waals surface area contributed by atoms with Gasteiger partial charge < -0.3 is 37.6 Å². The predicted octanol–water partition coefficient (Wildman–Crippen LogP) is -1.98. The van der Waals surface area contributed by atoms with Crippen LogP contribution in [0.25, 0.3) is 0 Å². The van der Waals surface area contributed by atoms with Gasteiger partial charge in [0.05, 0.1) is 6.04 Å². The number of phenolic OH excluding ortho intramolecular Hbond substituents is 1. The number of phenols is 1. The van der Waals surface area contributed by atoms with E-state index in [4.69, 9.17) is 16.6 Å². The molecule has 1 rings (SSSR count). The van der Waals surface area contributed by atoms with Crippen LogP contribution in [0.3, 0.4) is 0 Å². The van der Waals surface area contributed by atoms with E-state index in [0.717, 1.165) is 0 Å². The van der Waals surface area contributed by atoms with Crippen LogP contribution in [-0.2, 0) is 30.4 Å². The molecule has 0 aliphatic rings. The van der Waals surface area contributed by atoms with E-state index in [9.17, 15) is 29.1 Å². The Labute approximate surface area is 195 Å². The number of primary amides is 1. The van der Waals surface area contributed by atoms with Crippen LogP contribution in [0.4, 0.5) is 0 Å². The van der Waals surface area contributed by atoms with Crippen LogP contribution < -0.4 is 27.4 Å². The van der Waals surface area contributed by atoms with Gasteiger partial charge in [-0.3, -0.25) is 24.0 Å². The average Bonchev–Trinajstić information content (AvgIpc) is 2.76. The Balaban J connectivity index is 2.93. The van der Waals surface area contributed by atoms with Crippen molar-refractivity contribution in [1.82, 2.24) is 16.0 Å². The zero-order valence-corrected chi connectivity index (χ0v) is 18.9. The summed E-state index contributed by atoms with van der Waals surface area (Å²) in [4.78, 5) is 59.6. The lowest BCUT2D eigenvalue weighted by atomic mass is 10.0. The maximum Gasteiger partial charge on any atom is 0.325 e. The molecule has 4 amide bonds. The van der Waals surface area contributed by atoms with Crippen molar-refractivity contribution in [3.63, 3.8) is 0 Å². The Morgan fingerprint density at radius 2 is 1.52 bits per heavy atom. The number of nitrogens with two attached hydrogens (primary N) is 2. The quantitative estimate of drug-likeness (QED) is 0.147. The molecule has 1 aromatic carbocycles. The molecule has 0 saturated heterocycles. The number of nitrogens with one attached hydrogen (secondary N) is 3. The number of carbonyl (C=O) groups is 5. The van der Waals surface area contributed by atoms with E-state index in [1.54, 1.807) is 0 Å². The van der Waals surface area contributed by atoms with E-state index < -0.39 is 53.8 Å². The van der Waals surface area contributed by atoms with Crippen molar-refractivity contribution in [2.75, 3.05) is 5.75 Å². The number of rotatable bonds is 13. The molecule has 13 heteroatoms. The lowest BCUT2D eigenvalue weighted by Crippen LogP contribution is -2.58. The summed E-state index contributed by atoms with van der Waals surface area (Å²) in [6, 6.07) is 1.24. The highest BCUT2D eigenvalue weighted by atomic mass is 32.1. The third-order valence-electron chi connectivity index (χ3n) is 4.59. The van der Waals surface area contributed by atoms with Crippen molar-refractivity contribution in [1.29, 1.82) is 0 Å². The molecule has 0 saturated carbocycles.